The third-order valence-electron chi connectivity index (χ3n) is 17.0. The highest BCUT2D eigenvalue weighted by Gasteiger charge is 2.71. The van der Waals surface area contributed by atoms with Gasteiger partial charge in [-0.15, -0.1) is 0 Å². The van der Waals surface area contributed by atoms with Gasteiger partial charge in [-0.25, -0.2) is 4.79 Å². The molecule has 5 fully saturated rings. The molecule has 0 heterocycles. The van der Waals surface area contributed by atoms with Crippen LogP contribution in [0.2, 0.25) is 0 Å². The third-order valence-corrected chi connectivity index (χ3v) is 17.0. The van der Waals surface area contributed by atoms with Crippen LogP contribution in [-0.4, -0.2) is 42.2 Å². The minimum Gasteiger partial charge on any atom is -0.445 e. The molecule has 3 amide bonds. The molecule has 56 heavy (non-hydrogen) atoms. The van der Waals surface area contributed by atoms with Crippen molar-refractivity contribution in [3.8, 4) is 0 Å². The Morgan fingerprint density at radius 2 is 1.50 bits per heavy atom. The van der Waals surface area contributed by atoms with Crippen molar-refractivity contribution in [2.45, 2.75) is 125 Å². The molecule has 4 N–H and O–H groups in total. The molecule has 8 nitrogen and oxygen atoms in total. The molecule has 10 atom stereocenters. The molecule has 7 rings (SSSR count). The van der Waals surface area contributed by atoms with E-state index in [0.717, 1.165) is 56.1 Å². The van der Waals surface area contributed by atoms with Gasteiger partial charge in [0.15, 0.2) is 0 Å². The van der Waals surface area contributed by atoms with Crippen molar-refractivity contribution in [3.05, 3.63) is 83.4 Å². The number of nitrogens with one attached hydrogen (secondary N) is 3. The van der Waals surface area contributed by atoms with Gasteiger partial charge in [0.2, 0.25) is 5.91 Å². The van der Waals surface area contributed by atoms with Gasteiger partial charge in [-0.05, 0) is 146 Å². The third kappa shape index (κ3) is 6.79. The Bertz CT molecular complexity index is 1810. The number of ether oxygens (including phenoxy) is 1. The molecule has 304 valence electrons. The van der Waals surface area contributed by atoms with E-state index in [1.807, 2.05) is 48.5 Å². The Kier molecular flexibility index (Phi) is 11.1. The van der Waals surface area contributed by atoms with Gasteiger partial charge in [0.05, 0.1) is 11.5 Å². The maximum absolute atomic E-state index is 14.7. The van der Waals surface area contributed by atoms with Crippen LogP contribution in [0.15, 0.2) is 66.7 Å². The van der Waals surface area contributed by atoms with Gasteiger partial charge < -0.3 is 25.8 Å². The second kappa shape index (κ2) is 15.3. The first-order valence-electron chi connectivity index (χ1n) is 21.5. The number of rotatable bonds is 10. The summed E-state index contributed by atoms with van der Waals surface area (Å²) in [4.78, 5) is 39.9. The zero-order valence-corrected chi connectivity index (χ0v) is 34.8. The molecule has 0 spiro atoms. The van der Waals surface area contributed by atoms with Crippen LogP contribution in [0.4, 0.5) is 4.79 Å². The Morgan fingerprint density at radius 1 is 0.768 bits per heavy atom. The monoisotopic (exact) mass is 766 g/mol. The fourth-order valence-electron chi connectivity index (χ4n) is 13.9. The molecule has 0 saturated heterocycles. The highest BCUT2D eigenvalue weighted by molar-refractivity contribution is 5.94. The summed E-state index contributed by atoms with van der Waals surface area (Å²) in [5.41, 5.74) is 3.58. The standard InChI is InChI=1S/C48H67N3O5/c1-31(2)35-18-23-48(25-24-46(6)36(40(35)48)16-17-38-45(5)21-20-39(52)44(3,4)37(45)19-22-47(38,46)7)42(54)51-29-33-14-11-15-34(28-33)41(53)49-26-27-50-43(55)56-30-32-12-9-8-10-13-32/h8-15,28,35-40,52H,1,16-27,29-30H2,2-7H3,(H,49,53)(H,50,55)(H,51,54)/t35-,36?,37?,38?,39-,40?,45-,46+,47+,48-/m0/s1. The van der Waals surface area contributed by atoms with Gasteiger partial charge >= 0.3 is 6.09 Å². The second-order valence-electron chi connectivity index (χ2n) is 19.8. The average molecular weight is 766 g/mol. The predicted octanol–water partition coefficient (Wildman–Crippen LogP) is 8.98. The Hall–Kier alpha value is -3.65. The maximum Gasteiger partial charge on any atom is 0.407 e. The van der Waals surface area contributed by atoms with E-state index in [1.165, 1.54) is 24.8 Å². The van der Waals surface area contributed by atoms with Gasteiger partial charge in [-0.3, -0.25) is 9.59 Å². The largest absolute Gasteiger partial charge is 0.445 e. The molecule has 5 saturated carbocycles. The summed E-state index contributed by atoms with van der Waals surface area (Å²) in [6.45, 7) is 20.2. The fourth-order valence-corrected chi connectivity index (χ4v) is 13.9. The lowest BCUT2D eigenvalue weighted by Gasteiger charge is -2.72. The molecule has 8 heteroatoms. The van der Waals surface area contributed by atoms with Crippen LogP contribution in [0, 0.1) is 56.7 Å². The summed E-state index contributed by atoms with van der Waals surface area (Å²) in [7, 11) is 0. The number of aliphatic hydroxyl groups excluding tert-OH is 1. The van der Waals surface area contributed by atoms with Crippen molar-refractivity contribution in [1.82, 2.24) is 16.0 Å². The van der Waals surface area contributed by atoms with Crippen LogP contribution in [-0.2, 0) is 22.7 Å². The predicted molar refractivity (Wildman–Crippen MR) is 220 cm³/mol. The van der Waals surface area contributed by atoms with Crippen molar-refractivity contribution in [2.24, 2.45) is 56.7 Å². The Morgan fingerprint density at radius 3 is 2.25 bits per heavy atom. The van der Waals surface area contributed by atoms with Crippen LogP contribution in [0.1, 0.15) is 127 Å². The molecule has 2 aromatic carbocycles. The zero-order valence-electron chi connectivity index (χ0n) is 34.8. The number of aliphatic hydroxyl groups is 1. The fraction of sp³-hybridized carbons (Fsp3) is 0.646. The smallest absolute Gasteiger partial charge is 0.407 e. The van der Waals surface area contributed by atoms with Gasteiger partial charge in [0.1, 0.15) is 6.61 Å². The number of fused-ring (bicyclic) bond motifs is 7. The van der Waals surface area contributed by atoms with Crippen molar-refractivity contribution < 1.29 is 24.2 Å². The van der Waals surface area contributed by atoms with Gasteiger partial charge in [-0.1, -0.05) is 89.2 Å². The van der Waals surface area contributed by atoms with Gasteiger partial charge in [-0.2, -0.15) is 0 Å². The van der Waals surface area contributed by atoms with E-state index in [-0.39, 0.29) is 65.2 Å². The number of carbonyl (C=O) groups is 3. The van der Waals surface area contributed by atoms with Crippen LogP contribution in [0.5, 0.6) is 0 Å². The summed E-state index contributed by atoms with van der Waals surface area (Å²) in [6, 6.07) is 16.9. The van der Waals surface area contributed by atoms with E-state index >= 15 is 0 Å². The summed E-state index contributed by atoms with van der Waals surface area (Å²) < 4.78 is 5.25. The van der Waals surface area contributed by atoms with Crippen molar-refractivity contribution >= 4 is 17.9 Å². The molecule has 0 radical (unpaired) electrons. The highest BCUT2D eigenvalue weighted by atomic mass is 16.5. The van der Waals surface area contributed by atoms with E-state index in [4.69, 9.17) is 4.74 Å². The minimum atomic E-state index is -0.532. The number of benzene rings is 2. The lowest BCUT2D eigenvalue weighted by Crippen LogP contribution is -2.67. The van der Waals surface area contributed by atoms with Crippen LogP contribution < -0.4 is 16.0 Å². The molecule has 4 unspecified atom stereocenters. The van der Waals surface area contributed by atoms with E-state index in [1.54, 1.807) is 6.07 Å². The first-order valence-corrected chi connectivity index (χ1v) is 21.5. The van der Waals surface area contributed by atoms with Crippen molar-refractivity contribution in [3.63, 3.8) is 0 Å². The molecule has 0 aliphatic heterocycles. The van der Waals surface area contributed by atoms with Crippen molar-refractivity contribution in [1.29, 1.82) is 0 Å². The Labute approximate surface area is 335 Å². The lowest BCUT2D eigenvalue weighted by atomic mass is 9.32. The topological polar surface area (TPSA) is 117 Å². The van der Waals surface area contributed by atoms with Crippen LogP contribution in [0.3, 0.4) is 0 Å². The Balaban J connectivity index is 0.998. The maximum atomic E-state index is 14.7. The molecular weight excluding hydrogens is 699 g/mol. The number of hydrogen-bond acceptors (Lipinski definition) is 5. The van der Waals surface area contributed by atoms with Gasteiger partial charge in [0, 0.05) is 25.2 Å². The SMILES string of the molecule is C=C(C)[C@@H]1CC[C@]2(C(=O)NCc3cccc(C(=O)NCCNC(=O)OCc4ccccc4)c3)CC[C@]3(C)C(CCC4[C@@]5(C)CC[C@H](O)C(C)(C)C5CC[C@]43C)C12. The number of hydrogen-bond donors (Lipinski definition) is 4. The summed E-state index contributed by atoms with van der Waals surface area (Å²) >= 11 is 0. The average Bonchev–Trinajstić information content (AvgIpc) is 3.58. The van der Waals surface area contributed by atoms with E-state index < -0.39 is 11.5 Å². The molecule has 0 aromatic heterocycles. The zero-order chi connectivity index (χ0) is 40.1. The molecule has 5 aliphatic rings. The lowest BCUT2D eigenvalue weighted by molar-refractivity contribution is -0.246. The second-order valence-corrected chi connectivity index (χ2v) is 19.8. The quantitative estimate of drug-likeness (QED) is 0.142. The summed E-state index contributed by atoms with van der Waals surface area (Å²) in [6.07, 6.45) is 9.88. The van der Waals surface area contributed by atoms with E-state index in [9.17, 15) is 19.5 Å². The van der Waals surface area contributed by atoms with E-state index in [2.05, 4.69) is 64.1 Å². The number of amides is 3. The molecule has 0 bridgehead atoms. The summed E-state index contributed by atoms with van der Waals surface area (Å²) in [5.74, 6) is 2.16. The number of carbonyl (C=O) groups excluding carboxylic acids is 3. The molecule has 2 aromatic rings. The normalized spacial score (nSPS) is 36.8. The van der Waals surface area contributed by atoms with Crippen molar-refractivity contribution in [2.75, 3.05) is 13.1 Å². The molecular formula is C48H67N3O5. The summed E-state index contributed by atoms with van der Waals surface area (Å²) in [5, 5.41) is 20.1. The number of alkyl carbamates (subject to hydrolysis) is 1. The van der Waals surface area contributed by atoms with E-state index in [0.29, 0.717) is 35.8 Å². The highest BCUT2D eigenvalue weighted by Crippen LogP contribution is 2.77. The minimum absolute atomic E-state index is 0.0660. The number of allylic oxidation sites excluding steroid dienone is 1. The van der Waals surface area contributed by atoms with Crippen LogP contribution >= 0.6 is 0 Å². The van der Waals surface area contributed by atoms with Crippen LogP contribution in [0.25, 0.3) is 0 Å². The molecule has 5 aliphatic carbocycles. The first-order chi connectivity index (χ1) is 26.6. The first kappa shape index (κ1) is 40.5. The van der Waals surface area contributed by atoms with Gasteiger partial charge in [0.25, 0.3) is 5.91 Å².